The minimum Gasteiger partial charge on any atom is -0.368 e. The Labute approximate surface area is 160 Å². The molecule has 4 rings (SSSR count). The zero-order chi connectivity index (χ0) is 19.0. The molecule has 0 aliphatic carbocycles. The first-order chi connectivity index (χ1) is 13.0. The molecule has 1 fully saturated rings. The van der Waals surface area contributed by atoms with Gasteiger partial charge in [0.25, 0.3) is 0 Å². The van der Waals surface area contributed by atoms with Gasteiger partial charge in [0.2, 0.25) is 5.91 Å². The Morgan fingerprint density at radius 3 is 2.48 bits per heavy atom. The number of para-hydroxylation sites is 1. The lowest BCUT2D eigenvalue weighted by Crippen LogP contribution is -2.49. The van der Waals surface area contributed by atoms with Crippen LogP contribution < -0.4 is 4.90 Å². The van der Waals surface area contributed by atoms with Crippen molar-refractivity contribution in [3.8, 4) is 0 Å². The zero-order valence-electron chi connectivity index (χ0n) is 16.4. The Hall–Kier alpha value is -2.75. The van der Waals surface area contributed by atoms with E-state index < -0.39 is 0 Å². The molecule has 0 radical (unpaired) electrons. The Morgan fingerprint density at radius 2 is 1.70 bits per heavy atom. The van der Waals surface area contributed by atoms with Gasteiger partial charge < -0.3 is 14.8 Å². The number of aromatic amines is 1. The second-order valence-corrected chi connectivity index (χ2v) is 7.54. The Morgan fingerprint density at radius 1 is 0.963 bits per heavy atom. The van der Waals surface area contributed by atoms with Gasteiger partial charge in [-0.15, -0.1) is 0 Å². The highest BCUT2D eigenvalue weighted by Gasteiger charge is 2.23. The molecular weight excluding hydrogens is 334 g/mol. The van der Waals surface area contributed by atoms with E-state index in [1.54, 1.807) is 0 Å². The van der Waals surface area contributed by atoms with E-state index in [0.29, 0.717) is 6.42 Å². The van der Waals surface area contributed by atoms with Crippen molar-refractivity contribution in [2.24, 2.45) is 0 Å². The predicted molar refractivity (Wildman–Crippen MR) is 111 cm³/mol. The number of hydrogen-bond donors (Lipinski definition) is 1. The van der Waals surface area contributed by atoms with E-state index >= 15 is 0 Å². The van der Waals surface area contributed by atoms with Gasteiger partial charge >= 0.3 is 0 Å². The second kappa shape index (κ2) is 7.10. The summed E-state index contributed by atoms with van der Waals surface area (Å²) in [5, 5.41) is 1.16. The highest BCUT2D eigenvalue weighted by Crippen LogP contribution is 2.25. The number of anilines is 1. The lowest BCUT2D eigenvalue weighted by Gasteiger charge is -2.37. The Balaban J connectivity index is 1.44. The molecule has 2 heterocycles. The summed E-state index contributed by atoms with van der Waals surface area (Å²) in [6.45, 7) is 9.75. The van der Waals surface area contributed by atoms with Crippen LogP contribution in [-0.2, 0) is 11.2 Å². The summed E-state index contributed by atoms with van der Waals surface area (Å²) >= 11 is 0. The van der Waals surface area contributed by atoms with Crippen molar-refractivity contribution in [1.29, 1.82) is 0 Å². The van der Waals surface area contributed by atoms with Gasteiger partial charge in [0.15, 0.2) is 0 Å². The first-order valence-electron chi connectivity index (χ1n) is 9.69. The number of amides is 1. The van der Waals surface area contributed by atoms with Crippen LogP contribution in [0.15, 0.2) is 42.5 Å². The van der Waals surface area contributed by atoms with Crippen molar-refractivity contribution in [1.82, 2.24) is 9.88 Å². The standard InChI is InChI=1S/C23H27N3O/c1-16-7-6-10-22(17(16)2)25-11-13-26(14-12-25)23(27)15-20-18(3)24-21-9-5-4-8-19(20)21/h4-10,24H,11-15H2,1-3H3. The number of aromatic nitrogens is 1. The maximum atomic E-state index is 12.9. The third kappa shape index (κ3) is 3.32. The minimum absolute atomic E-state index is 0.225. The van der Waals surface area contributed by atoms with Crippen molar-refractivity contribution in [3.05, 3.63) is 64.8 Å². The van der Waals surface area contributed by atoms with Crippen LogP contribution in [0.3, 0.4) is 0 Å². The second-order valence-electron chi connectivity index (χ2n) is 7.54. The average Bonchev–Trinajstić information content (AvgIpc) is 2.99. The number of nitrogens with one attached hydrogen (secondary N) is 1. The van der Waals surface area contributed by atoms with Gasteiger partial charge in [0, 0.05) is 48.5 Å². The molecule has 0 unspecified atom stereocenters. The van der Waals surface area contributed by atoms with Crippen molar-refractivity contribution < 1.29 is 4.79 Å². The summed E-state index contributed by atoms with van der Waals surface area (Å²) in [4.78, 5) is 20.7. The molecule has 1 saturated heterocycles. The van der Waals surface area contributed by atoms with Crippen LogP contribution in [0.5, 0.6) is 0 Å². The molecule has 4 heteroatoms. The lowest BCUT2D eigenvalue weighted by molar-refractivity contribution is -0.130. The fourth-order valence-corrected chi connectivity index (χ4v) is 4.10. The first-order valence-corrected chi connectivity index (χ1v) is 9.69. The van der Waals surface area contributed by atoms with E-state index in [1.165, 1.54) is 16.8 Å². The summed E-state index contributed by atoms with van der Waals surface area (Å²) in [5.41, 5.74) is 7.30. The normalized spacial score (nSPS) is 14.8. The van der Waals surface area contributed by atoms with Crippen LogP contribution >= 0.6 is 0 Å². The van der Waals surface area contributed by atoms with Crippen LogP contribution in [0.4, 0.5) is 5.69 Å². The van der Waals surface area contributed by atoms with E-state index in [2.05, 4.69) is 61.0 Å². The summed E-state index contributed by atoms with van der Waals surface area (Å²) in [6, 6.07) is 14.7. The monoisotopic (exact) mass is 361 g/mol. The number of fused-ring (bicyclic) bond motifs is 1. The van der Waals surface area contributed by atoms with E-state index in [1.807, 2.05) is 17.0 Å². The SMILES string of the molecule is Cc1cccc(N2CCN(C(=O)Cc3c(C)[nH]c4ccccc34)CC2)c1C. The van der Waals surface area contributed by atoms with Crippen LogP contribution in [0.25, 0.3) is 10.9 Å². The lowest BCUT2D eigenvalue weighted by atomic mass is 10.1. The van der Waals surface area contributed by atoms with Crippen LogP contribution in [0, 0.1) is 20.8 Å². The summed E-state index contributed by atoms with van der Waals surface area (Å²) in [6.07, 6.45) is 0.472. The van der Waals surface area contributed by atoms with Crippen molar-refractivity contribution >= 4 is 22.5 Å². The number of H-pyrrole nitrogens is 1. The largest absolute Gasteiger partial charge is 0.368 e. The van der Waals surface area contributed by atoms with Gasteiger partial charge in [-0.2, -0.15) is 0 Å². The maximum absolute atomic E-state index is 12.9. The topological polar surface area (TPSA) is 39.3 Å². The number of hydrogen-bond acceptors (Lipinski definition) is 2. The van der Waals surface area contributed by atoms with Gasteiger partial charge in [-0.1, -0.05) is 30.3 Å². The molecule has 1 N–H and O–H groups in total. The first kappa shape index (κ1) is 17.7. The molecule has 1 aliphatic rings. The van der Waals surface area contributed by atoms with Crippen molar-refractivity contribution in [2.45, 2.75) is 27.2 Å². The molecule has 4 nitrogen and oxygen atoms in total. The Bertz CT molecular complexity index is 980. The molecular formula is C23H27N3O. The van der Waals surface area contributed by atoms with Gasteiger partial charge in [0.1, 0.15) is 0 Å². The van der Waals surface area contributed by atoms with E-state index in [4.69, 9.17) is 0 Å². The number of piperazine rings is 1. The number of rotatable bonds is 3. The van der Waals surface area contributed by atoms with Crippen LogP contribution in [0.2, 0.25) is 0 Å². The smallest absolute Gasteiger partial charge is 0.227 e. The molecule has 2 aromatic carbocycles. The van der Waals surface area contributed by atoms with Gasteiger partial charge in [-0.05, 0) is 49.6 Å². The molecule has 0 saturated carbocycles. The number of carbonyl (C=O) groups is 1. The Kier molecular flexibility index (Phi) is 4.65. The predicted octanol–water partition coefficient (Wildman–Crippen LogP) is 3.98. The highest BCUT2D eigenvalue weighted by atomic mass is 16.2. The quantitative estimate of drug-likeness (QED) is 0.766. The van der Waals surface area contributed by atoms with Crippen LogP contribution in [0.1, 0.15) is 22.4 Å². The van der Waals surface area contributed by atoms with Gasteiger partial charge in [0.05, 0.1) is 6.42 Å². The van der Waals surface area contributed by atoms with E-state index in [9.17, 15) is 4.79 Å². The molecule has 1 aliphatic heterocycles. The highest BCUT2D eigenvalue weighted by molar-refractivity contribution is 5.90. The molecule has 27 heavy (non-hydrogen) atoms. The number of benzene rings is 2. The molecule has 0 atom stereocenters. The van der Waals surface area contributed by atoms with Crippen molar-refractivity contribution in [2.75, 3.05) is 31.1 Å². The molecule has 140 valence electrons. The number of aryl methyl sites for hydroxylation is 2. The summed E-state index contributed by atoms with van der Waals surface area (Å²) < 4.78 is 0. The van der Waals surface area contributed by atoms with E-state index in [-0.39, 0.29) is 5.91 Å². The summed E-state index contributed by atoms with van der Waals surface area (Å²) in [5.74, 6) is 0.225. The van der Waals surface area contributed by atoms with Gasteiger partial charge in [-0.3, -0.25) is 4.79 Å². The average molecular weight is 361 g/mol. The number of nitrogens with zero attached hydrogens (tertiary/aromatic N) is 2. The number of carbonyl (C=O) groups excluding carboxylic acids is 1. The molecule has 0 bridgehead atoms. The maximum Gasteiger partial charge on any atom is 0.227 e. The molecule has 1 aromatic heterocycles. The van der Waals surface area contributed by atoms with Crippen LogP contribution in [-0.4, -0.2) is 42.0 Å². The van der Waals surface area contributed by atoms with Crippen molar-refractivity contribution in [3.63, 3.8) is 0 Å². The fraction of sp³-hybridized carbons (Fsp3) is 0.348. The molecule has 1 amide bonds. The molecule has 3 aromatic rings. The summed E-state index contributed by atoms with van der Waals surface area (Å²) in [7, 11) is 0. The zero-order valence-corrected chi connectivity index (χ0v) is 16.4. The third-order valence-corrected chi connectivity index (χ3v) is 5.90. The minimum atomic E-state index is 0.225. The molecule has 0 spiro atoms. The van der Waals surface area contributed by atoms with E-state index in [0.717, 1.165) is 48.3 Å². The third-order valence-electron chi connectivity index (χ3n) is 5.90. The fourth-order valence-electron chi connectivity index (χ4n) is 4.10. The van der Waals surface area contributed by atoms with Gasteiger partial charge in [-0.25, -0.2) is 0 Å².